The Labute approximate surface area is 107 Å². The van der Waals surface area contributed by atoms with E-state index >= 15 is 0 Å². The number of halogens is 1. The molecule has 0 radical (unpaired) electrons. The lowest BCUT2D eigenvalue weighted by molar-refractivity contribution is 0.403. The summed E-state index contributed by atoms with van der Waals surface area (Å²) in [5.74, 6) is 1.65. The van der Waals surface area contributed by atoms with Crippen LogP contribution in [0.4, 0.5) is 0 Å². The first kappa shape index (κ1) is 13.5. The molecule has 90 valence electrons. The van der Waals surface area contributed by atoms with Crippen LogP contribution >= 0.6 is 15.9 Å². The largest absolute Gasteiger partial charge is 0.496 e. The lowest BCUT2D eigenvalue weighted by atomic mass is 9.97. The summed E-state index contributed by atoms with van der Waals surface area (Å²) in [6, 6.07) is 6.18. The molecule has 0 saturated heterocycles. The van der Waals surface area contributed by atoms with Gasteiger partial charge in [0, 0.05) is 4.47 Å². The Bertz CT molecular complexity index is 328. The Morgan fingerprint density at radius 1 is 1.44 bits per heavy atom. The highest BCUT2D eigenvalue weighted by atomic mass is 79.9. The van der Waals surface area contributed by atoms with Crippen LogP contribution in [0.3, 0.4) is 0 Å². The van der Waals surface area contributed by atoms with Gasteiger partial charge in [0.2, 0.25) is 0 Å². The molecule has 1 rings (SSSR count). The first-order valence-electron chi connectivity index (χ1n) is 5.64. The molecule has 0 aliphatic carbocycles. The molecular formula is C13H20BrNO. The summed E-state index contributed by atoms with van der Waals surface area (Å²) in [5, 5.41) is 3.18. The minimum atomic E-state index is 0.663. The van der Waals surface area contributed by atoms with E-state index in [4.69, 9.17) is 4.74 Å². The second-order valence-corrected chi connectivity index (χ2v) is 5.07. The van der Waals surface area contributed by atoms with Gasteiger partial charge in [-0.1, -0.05) is 22.9 Å². The second-order valence-electron chi connectivity index (χ2n) is 4.16. The quantitative estimate of drug-likeness (QED) is 0.866. The van der Waals surface area contributed by atoms with Crippen LogP contribution < -0.4 is 10.1 Å². The number of hydrogen-bond acceptors (Lipinski definition) is 2. The third-order valence-electron chi connectivity index (χ3n) is 2.70. The van der Waals surface area contributed by atoms with Gasteiger partial charge in [0.25, 0.3) is 0 Å². The molecule has 3 heteroatoms. The Kier molecular flexibility index (Phi) is 5.85. The molecule has 0 heterocycles. The Morgan fingerprint density at radius 2 is 2.19 bits per heavy atom. The molecule has 0 spiro atoms. The number of benzene rings is 1. The Hall–Kier alpha value is -0.540. The zero-order chi connectivity index (χ0) is 12.0. The van der Waals surface area contributed by atoms with Crippen LogP contribution in [0.2, 0.25) is 0 Å². The van der Waals surface area contributed by atoms with Gasteiger partial charge in [-0.3, -0.25) is 0 Å². The lowest BCUT2D eigenvalue weighted by Gasteiger charge is -2.14. The predicted octanol–water partition coefficient (Wildman–Crippen LogP) is 3.25. The van der Waals surface area contributed by atoms with Crippen molar-refractivity contribution < 1.29 is 4.74 Å². The van der Waals surface area contributed by atoms with Crippen molar-refractivity contribution in [3.05, 3.63) is 28.2 Å². The molecule has 1 aromatic rings. The number of ether oxygens (including phenoxy) is 1. The number of methoxy groups -OCH3 is 1. The van der Waals surface area contributed by atoms with E-state index in [1.54, 1.807) is 7.11 Å². The molecule has 0 fully saturated rings. The zero-order valence-corrected chi connectivity index (χ0v) is 11.8. The van der Waals surface area contributed by atoms with Gasteiger partial charge in [-0.25, -0.2) is 0 Å². The third-order valence-corrected chi connectivity index (χ3v) is 3.19. The summed E-state index contributed by atoms with van der Waals surface area (Å²) in [4.78, 5) is 0. The first-order chi connectivity index (χ1) is 7.67. The molecule has 16 heavy (non-hydrogen) atoms. The maximum atomic E-state index is 5.37. The molecule has 0 aliphatic heterocycles. The van der Waals surface area contributed by atoms with Gasteiger partial charge in [0.15, 0.2) is 0 Å². The van der Waals surface area contributed by atoms with Crippen molar-refractivity contribution in [2.24, 2.45) is 5.92 Å². The number of nitrogens with one attached hydrogen (secondary N) is 1. The fourth-order valence-corrected chi connectivity index (χ4v) is 2.18. The zero-order valence-electron chi connectivity index (χ0n) is 10.2. The van der Waals surface area contributed by atoms with Gasteiger partial charge in [-0.2, -0.15) is 0 Å². The van der Waals surface area contributed by atoms with E-state index in [-0.39, 0.29) is 0 Å². The maximum absolute atomic E-state index is 5.37. The Balaban J connectivity index is 2.67. The molecule has 1 atom stereocenters. The van der Waals surface area contributed by atoms with Crippen molar-refractivity contribution in [2.75, 3.05) is 20.7 Å². The fourth-order valence-electron chi connectivity index (χ4n) is 1.77. The van der Waals surface area contributed by atoms with E-state index in [0.29, 0.717) is 5.92 Å². The van der Waals surface area contributed by atoms with Crippen LogP contribution in [0.25, 0.3) is 0 Å². The number of rotatable bonds is 6. The molecule has 0 aromatic heterocycles. The molecule has 0 amide bonds. The molecule has 0 saturated carbocycles. The van der Waals surface area contributed by atoms with Gasteiger partial charge in [-0.15, -0.1) is 0 Å². The van der Waals surface area contributed by atoms with Crippen LogP contribution in [-0.4, -0.2) is 20.7 Å². The van der Waals surface area contributed by atoms with Crippen LogP contribution in [0.1, 0.15) is 18.9 Å². The standard InChI is InChI=1S/C13H20BrNO/c1-10(6-7-15-2)8-11-9-12(14)4-5-13(11)16-3/h4-5,9-10,15H,6-8H2,1-3H3. The van der Waals surface area contributed by atoms with Crippen molar-refractivity contribution in [1.82, 2.24) is 5.32 Å². The SMILES string of the molecule is CNCCC(C)Cc1cc(Br)ccc1OC. The minimum absolute atomic E-state index is 0.663. The fraction of sp³-hybridized carbons (Fsp3) is 0.538. The van der Waals surface area contributed by atoms with Gasteiger partial charge in [0.1, 0.15) is 5.75 Å². The minimum Gasteiger partial charge on any atom is -0.496 e. The normalized spacial score (nSPS) is 12.5. The summed E-state index contributed by atoms with van der Waals surface area (Å²) >= 11 is 3.50. The van der Waals surface area contributed by atoms with E-state index in [9.17, 15) is 0 Å². The predicted molar refractivity (Wildman–Crippen MR) is 72.1 cm³/mol. The summed E-state index contributed by atoms with van der Waals surface area (Å²) in [5.41, 5.74) is 1.28. The Morgan fingerprint density at radius 3 is 2.81 bits per heavy atom. The summed E-state index contributed by atoms with van der Waals surface area (Å²) in [7, 11) is 3.72. The first-order valence-corrected chi connectivity index (χ1v) is 6.43. The van der Waals surface area contributed by atoms with Crippen LogP contribution in [-0.2, 0) is 6.42 Å². The molecule has 2 nitrogen and oxygen atoms in total. The van der Waals surface area contributed by atoms with Crippen LogP contribution in [0.5, 0.6) is 5.75 Å². The van der Waals surface area contributed by atoms with Gasteiger partial charge in [0.05, 0.1) is 7.11 Å². The topological polar surface area (TPSA) is 21.3 Å². The van der Waals surface area contributed by atoms with E-state index in [1.807, 2.05) is 19.2 Å². The molecular weight excluding hydrogens is 266 g/mol. The monoisotopic (exact) mass is 285 g/mol. The summed E-state index contributed by atoms with van der Waals surface area (Å²) in [6.45, 7) is 3.34. The van der Waals surface area contributed by atoms with Crippen LogP contribution in [0.15, 0.2) is 22.7 Å². The van der Waals surface area contributed by atoms with Crippen molar-refractivity contribution in [2.45, 2.75) is 19.8 Å². The van der Waals surface area contributed by atoms with Crippen LogP contribution in [0, 0.1) is 5.92 Å². The van der Waals surface area contributed by atoms with Crippen molar-refractivity contribution in [3.8, 4) is 5.75 Å². The average molecular weight is 286 g/mol. The smallest absolute Gasteiger partial charge is 0.122 e. The highest BCUT2D eigenvalue weighted by Crippen LogP contribution is 2.26. The van der Waals surface area contributed by atoms with Gasteiger partial charge < -0.3 is 10.1 Å². The van der Waals surface area contributed by atoms with Gasteiger partial charge >= 0.3 is 0 Å². The molecule has 0 bridgehead atoms. The third kappa shape index (κ3) is 4.14. The van der Waals surface area contributed by atoms with Crippen molar-refractivity contribution in [3.63, 3.8) is 0 Å². The number of hydrogen-bond donors (Lipinski definition) is 1. The highest BCUT2D eigenvalue weighted by molar-refractivity contribution is 9.10. The average Bonchev–Trinajstić information content (AvgIpc) is 2.27. The molecule has 0 aliphatic rings. The maximum Gasteiger partial charge on any atom is 0.122 e. The van der Waals surface area contributed by atoms with E-state index < -0.39 is 0 Å². The highest BCUT2D eigenvalue weighted by Gasteiger charge is 2.08. The van der Waals surface area contributed by atoms with E-state index in [2.05, 4.69) is 34.2 Å². The molecule has 1 aromatic carbocycles. The molecule has 1 unspecified atom stereocenters. The van der Waals surface area contributed by atoms with E-state index in [1.165, 1.54) is 12.0 Å². The van der Waals surface area contributed by atoms with Gasteiger partial charge in [-0.05, 0) is 56.1 Å². The van der Waals surface area contributed by atoms with Crippen molar-refractivity contribution >= 4 is 15.9 Å². The summed E-state index contributed by atoms with van der Waals surface area (Å²) < 4.78 is 6.48. The summed E-state index contributed by atoms with van der Waals surface area (Å²) in [6.07, 6.45) is 2.25. The molecule has 1 N–H and O–H groups in total. The van der Waals surface area contributed by atoms with E-state index in [0.717, 1.165) is 23.2 Å². The second kappa shape index (κ2) is 6.92. The lowest BCUT2D eigenvalue weighted by Crippen LogP contribution is -2.13. The van der Waals surface area contributed by atoms with Crippen molar-refractivity contribution in [1.29, 1.82) is 0 Å².